The van der Waals surface area contributed by atoms with Crippen LogP contribution >= 0.6 is 0 Å². The Bertz CT molecular complexity index is 522. The van der Waals surface area contributed by atoms with E-state index in [2.05, 4.69) is 10.1 Å². The van der Waals surface area contributed by atoms with Gasteiger partial charge in [0, 0.05) is 26.1 Å². The Hall–Kier alpha value is -1.43. The number of nitrogens with zero attached hydrogens (tertiary/aromatic N) is 4. The molecular formula is C16H26N4O2. The van der Waals surface area contributed by atoms with Crippen LogP contribution in [0, 0.1) is 13.8 Å². The van der Waals surface area contributed by atoms with Crippen molar-refractivity contribution in [3.8, 4) is 0 Å². The van der Waals surface area contributed by atoms with Crippen molar-refractivity contribution in [2.75, 3.05) is 19.7 Å². The fraction of sp³-hybridized carbons (Fsp3) is 0.812. The predicted molar refractivity (Wildman–Crippen MR) is 82.6 cm³/mol. The number of ether oxygens (including phenoxy) is 1. The van der Waals surface area contributed by atoms with Gasteiger partial charge in [0.1, 0.15) is 11.6 Å². The molecule has 122 valence electrons. The van der Waals surface area contributed by atoms with E-state index in [1.807, 2.05) is 23.4 Å². The first kappa shape index (κ1) is 15.5. The van der Waals surface area contributed by atoms with Crippen LogP contribution in [-0.2, 0) is 9.53 Å². The van der Waals surface area contributed by atoms with Crippen molar-refractivity contribution >= 4 is 5.91 Å². The first-order valence-corrected chi connectivity index (χ1v) is 8.42. The third-order valence-electron chi connectivity index (χ3n) is 4.71. The van der Waals surface area contributed by atoms with E-state index in [-0.39, 0.29) is 11.9 Å². The molecule has 0 radical (unpaired) electrons. The number of rotatable bonds is 4. The molecule has 22 heavy (non-hydrogen) atoms. The SMILES string of the molecule is Cc1nc(C)n([C@H]2CCCN(C(=O)CC[C@@H]3CCCO3)C2)n1. The molecule has 0 saturated carbocycles. The van der Waals surface area contributed by atoms with Crippen LogP contribution in [0.2, 0.25) is 0 Å². The molecule has 3 rings (SSSR count). The maximum absolute atomic E-state index is 12.4. The number of likely N-dealkylation sites (tertiary alicyclic amines) is 1. The second-order valence-corrected chi connectivity index (χ2v) is 6.46. The molecule has 1 aromatic heterocycles. The third-order valence-corrected chi connectivity index (χ3v) is 4.71. The van der Waals surface area contributed by atoms with E-state index < -0.39 is 0 Å². The Balaban J connectivity index is 1.55. The number of piperidine rings is 1. The Morgan fingerprint density at radius 3 is 2.86 bits per heavy atom. The van der Waals surface area contributed by atoms with Gasteiger partial charge in [-0.3, -0.25) is 4.79 Å². The zero-order valence-electron chi connectivity index (χ0n) is 13.6. The summed E-state index contributed by atoms with van der Waals surface area (Å²) in [7, 11) is 0. The van der Waals surface area contributed by atoms with Gasteiger partial charge in [-0.1, -0.05) is 0 Å². The molecule has 2 atom stereocenters. The van der Waals surface area contributed by atoms with Crippen molar-refractivity contribution in [3.05, 3.63) is 11.6 Å². The Kier molecular flexibility index (Phi) is 4.76. The summed E-state index contributed by atoms with van der Waals surface area (Å²) >= 11 is 0. The number of aromatic nitrogens is 3. The van der Waals surface area contributed by atoms with Gasteiger partial charge in [-0.15, -0.1) is 0 Å². The number of hydrogen-bond acceptors (Lipinski definition) is 4. The van der Waals surface area contributed by atoms with Gasteiger partial charge in [0.15, 0.2) is 0 Å². The Morgan fingerprint density at radius 2 is 2.18 bits per heavy atom. The monoisotopic (exact) mass is 306 g/mol. The smallest absolute Gasteiger partial charge is 0.222 e. The highest BCUT2D eigenvalue weighted by molar-refractivity contribution is 5.76. The Morgan fingerprint density at radius 1 is 1.32 bits per heavy atom. The molecule has 1 amide bonds. The van der Waals surface area contributed by atoms with Gasteiger partial charge in [-0.05, 0) is 46.0 Å². The van der Waals surface area contributed by atoms with E-state index in [1.165, 1.54) is 0 Å². The average Bonchev–Trinajstić information content (AvgIpc) is 3.14. The molecule has 0 unspecified atom stereocenters. The molecule has 0 aromatic carbocycles. The molecule has 0 N–H and O–H groups in total. The number of aryl methyl sites for hydroxylation is 2. The first-order valence-electron chi connectivity index (χ1n) is 8.42. The quantitative estimate of drug-likeness (QED) is 0.854. The minimum Gasteiger partial charge on any atom is -0.378 e. The number of carbonyl (C=O) groups is 1. The highest BCUT2D eigenvalue weighted by Crippen LogP contribution is 2.24. The fourth-order valence-electron chi connectivity index (χ4n) is 3.58. The molecule has 0 bridgehead atoms. The Labute approximate surface area is 131 Å². The summed E-state index contributed by atoms with van der Waals surface area (Å²) in [5, 5.41) is 4.48. The van der Waals surface area contributed by atoms with Crippen molar-refractivity contribution in [1.29, 1.82) is 0 Å². The largest absolute Gasteiger partial charge is 0.378 e. The number of amides is 1. The van der Waals surface area contributed by atoms with Gasteiger partial charge in [0.05, 0.1) is 12.1 Å². The van der Waals surface area contributed by atoms with E-state index in [0.717, 1.165) is 63.4 Å². The van der Waals surface area contributed by atoms with Crippen LogP contribution in [0.25, 0.3) is 0 Å². The zero-order chi connectivity index (χ0) is 15.5. The van der Waals surface area contributed by atoms with Crippen LogP contribution in [0.3, 0.4) is 0 Å². The van der Waals surface area contributed by atoms with E-state index in [0.29, 0.717) is 12.5 Å². The lowest BCUT2D eigenvalue weighted by molar-refractivity contribution is -0.133. The van der Waals surface area contributed by atoms with Crippen LogP contribution in [0.4, 0.5) is 0 Å². The highest BCUT2D eigenvalue weighted by atomic mass is 16.5. The topological polar surface area (TPSA) is 60.2 Å². The molecule has 6 heteroatoms. The molecular weight excluding hydrogens is 280 g/mol. The fourth-order valence-corrected chi connectivity index (χ4v) is 3.58. The summed E-state index contributed by atoms with van der Waals surface area (Å²) in [5.41, 5.74) is 0. The molecule has 1 aromatic rings. The molecule has 2 fully saturated rings. The van der Waals surface area contributed by atoms with E-state index >= 15 is 0 Å². The van der Waals surface area contributed by atoms with Gasteiger partial charge in [-0.2, -0.15) is 5.10 Å². The van der Waals surface area contributed by atoms with E-state index in [4.69, 9.17) is 4.74 Å². The summed E-state index contributed by atoms with van der Waals surface area (Å²) in [5.74, 6) is 2.00. The summed E-state index contributed by atoms with van der Waals surface area (Å²) in [4.78, 5) is 18.8. The van der Waals surface area contributed by atoms with Crippen molar-refractivity contribution in [1.82, 2.24) is 19.7 Å². The average molecular weight is 306 g/mol. The lowest BCUT2D eigenvalue weighted by Crippen LogP contribution is -2.41. The third kappa shape index (κ3) is 3.48. The van der Waals surface area contributed by atoms with Crippen LogP contribution in [0.5, 0.6) is 0 Å². The van der Waals surface area contributed by atoms with Crippen LogP contribution in [0.1, 0.15) is 56.2 Å². The second-order valence-electron chi connectivity index (χ2n) is 6.46. The molecule has 0 aliphatic carbocycles. The van der Waals surface area contributed by atoms with Gasteiger partial charge in [0.2, 0.25) is 5.91 Å². The van der Waals surface area contributed by atoms with E-state index in [1.54, 1.807) is 0 Å². The van der Waals surface area contributed by atoms with Crippen molar-refractivity contribution < 1.29 is 9.53 Å². The van der Waals surface area contributed by atoms with Gasteiger partial charge in [0.25, 0.3) is 0 Å². The maximum Gasteiger partial charge on any atom is 0.222 e. The molecule has 2 saturated heterocycles. The lowest BCUT2D eigenvalue weighted by Gasteiger charge is -2.33. The number of carbonyl (C=O) groups excluding carboxylic acids is 1. The lowest BCUT2D eigenvalue weighted by atomic mass is 10.0. The molecule has 2 aliphatic rings. The van der Waals surface area contributed by atoms with Gasteiger partial charge in [-0.25, -0.2) is 9.67 Å². The minimum absolute atomic E-state index is 0.259. The highest BCUT2D eigenvalue weighted by Gasteiger charge is 2.27. The van der Waals surface area contributed by atoms with Crippen molar-refractivity contribution in [2.45, 2.75) is 64.5 Å². The minimum atomic E-state index is 0.259. The maximum atomic E-state index is 12.4. The summed E-state index contributed by atoms with van der Waals surface area (Å²) < 4.78 is 7.60. The molecule has 2 aliphatic heterocycles. The second kappa shape index (κ2) is 6.77. The molecule has 3 heterocycles. The van der Waals surface area contributed by atoms with Crippen molar-refractivity contribution in [3.63, 3.8) is 0 Å². The summed E-state index contributed by atoms with van der Waals surface area (Å²) in [6, 6.07) is 0.265. The van der Waals surface area contributed by atoms with Crippen molar-refractivity contribution in [2.24, 2.45) is 0 Å². The summed E-state index contributed by atoms with van der Waals surface area (Å²) in [6.45, 7) is 6.38. The number of hydrogen-bond donors (Lipinski definition) is 0. The molecule has 0 spiro atoms. The van der Waals surface area contributed by atoms with Gasteiger partial charge >= 0.3 is 0 Å². The molecule has 6 nitrogen and oxygen atoms in total. The van der Waals surface area contributed by atoms with Crippen LogP contribution < -0.4 is 0 Å². The van der Waals surface area contributed by atoms with Gasteiger partial charge < -0.3 is 9.64 Å². The normalized spacial score (nSPS) is 25.6. The zero-order valence-corrected chi connectivity index (χ0v) is 13.6. The standard InChI is InChI=1S/C16H26N4O2/c1-12-17-13(2)20(18-12)14-5-3-9-19(11-14)16(21)8-7-15-6-4-10-22-15/h14-15H,3-11H2,1-2H3/t14-,15-/m0/s1. The van der Waals surface area contributed by atoms with Crippen LogP contribution in [-0.4, -0.2) is 51.4 Å². The summed E-state index contributed by atoms with van der Waals surface area (Å²) in [6.07, 6.45) is 6.11. The van der Waals surface area contributed by atoms with Crippen LogP contribution in [0.15, 0.2) is 0 Å². The first-order chi connectivity index (χ1) is 10.6. The van der Waals surface area contributed by atoms with E-state index in [9.17, 15) is 4.79 Å². The predicted octanol–water partition coefficient (Wildman–Crippen LogP) is 2.02.